The van der Waals surface area contributed by atoms with E-state index >= 15 is 0 Å². The lowest BCUT2D eigenvalue weighted by atomic mass is 9.89. The zero-order chi connectivity index (χ0) is 17.9. The van der Waals surface area contributed by atoms with E-state index in [0.717, 1.165) is 25.0 Å². The summed E-state index contributed by atoms with van der Waals surface area (Å²) in [6.07, 6.45) is 3.52. The van der Waals surface area contributed by atoms with E-state index in [2.05, 4.69) is 41.5 Å². The molecule has 1 aromatic heterocycles. The van der Waals surface area contributed by atoms with Gasteiger partial charge in [0.2, 0.25) is 10.0 Å². The van der Waals surface area contributed by atoms with Crippen molar-refractivity contribution < 1.29 is 13.2 Å². The second-order valence-corrected chi connectivity index (χ2v) is 7.91. The third-order valence-electron chi connectivity index (χ3n) is 4.46. The average molecular weight is 361 g/mol. The van der Waals surface area contributed by atoms with Gasteiger partial charge in [-0.25, -0.2) is 18.5 Å². The third kappa shape index (κ3) is 4.36. The molecule has 0 spiro atoms. The first-order valence-corrected chi connectivity index (χ1v) is 9.89. The number of anilines is 1. The molecule has 1 saturated heterocycles. The van der Waals surface area contributed by atoms with Crippen LogP contribution in [-0.4, -0.2) is 26.6 Å². The Morgan fingerprint density at radius 3 is 2.76 bits per heavy atom. The van der Waals surface area contributed by atoms with E-state index in [1.165, 1.54) is 11.6 Å². The second kappa shape index (κ2) is 7.51. The fourth-order valence-electron chi connectivity index (χ4n) is 3.16. The van der Waals surface area contributed by atoms with E-state index in [-0.39, 0.29) is 16.9 Å². The number of nitrogens with zero attached hydrogens (tertiary/aromatic N) is 1. The molecule has 134 valence electrons. The molecule has 2 heterocycles. The van der Waals surface area contributed by atoms with Crippen molar-refractivity contribution in [3.63, 3.8) is 0 Å². The predicted octanol–water partition coefficient (Wildman–Crippen LogP) is 2.62. The van der Waals surface area contributed by atoms with Crippen LogP contribution in [0.25, 0.3) is 0 Å². The summed E-state index contributed by atoms with van der Waals surface area (Å²) < 4.78 is 29.4. The number of hydrogen-bond acceptors (Lipinski definition) is 5. The normalized spacial score (nSPS) is 21.0. The van der Waals surface area contributed by atoms with Gasteiger partial charge in [0.15, 0.2) is 0 Å². The van der Waals surface area contributed by atoms with E-state index in [0.29, 0.717) is 12.4 Å². The summed E-state index contributed by atoms with van der Waals surface area (Å²) in [6, 6.07) is 11.4. The van der Waals surface area contributed by atoms with E-state index in [1.807, 2.05) is 0 Å². The van der Waals surface area contributed by atoms with Gasteiger partial charge < -0.3 is 10.1 Å². The fraction of sp³-hybridized carbons (Fsp3) is 0.389. The molecule has 2 atom stereocenters. The Morgan fingerprint density at radius 2 is 2.04 bits per heavy atom. The molecule has 1 aliphatic heterocycles. The Balaban J connectivity index is 1.76. The van der Waals surface area contributed by atoms with Gasteiger partial charge in [-0.3, -0.25) is 0 Å². The van der Waals surface area contributed by atoms with Crippen molar-refractivity contribution in [2.24, 2.45) is 11.1 Å². The van der Waals surface area contributed by atoms with Crippen LogP contribution >= 0.6 is 0 Å². The number of nitrogens with one attached hydrogen (secondary N) is 1. The van der Waals surface area contributed by atoms with Gasteiger partial charge in [0.05, 0.1) is 6.10 Å². The molecule has 0 radical (unpaired) electrons. The Kier molecular flexibility index (Phi) is 5.36. The van der Waals surface area contributed by atoms with Crippen LogP contribution in [0.5, 0.6) is 0 Å². The highest BCUT2D eigenvalue weighted by Crippen LogP contribution is 2.34. The monoisotopic (exact) mass is 361 g/mol. The summed E-state index contributed by atoms with van der Waals surface area (Å²) >= 11 is 0. The van der Waals surface area contributed by atoms with Crippen LogP contribution in [0.1, 0.15) is 30.1 Å². The van der Waals surface area contributed by atoms with Crippen molar-refractivity contribution in [1.82, 2.24) is 4.98 Å². The highest BCUT2D eigenvalue weighted by atomic mass is 32.2. The minimum atomic E-state index is -3.81. The maximum absolute atomic E-state index is 11.7. The van der Waals surface area contributed by atoms with Crippen LogP contribution < -0.4 is 10.5 Å². The Hall–Kier alpha value is -1.96. The quantitative estimate of drug-likeness (QED) is 0.854. The van der Waals surface area contributed by atoms with Gasteiger partial charge >= 0.3 is 0 Å². The maximum atomic E-state index is 11.7. The second-order valence-electron chi connectivity index (χ2n) is 6.38. The summed E-state index contributed by atoms with van der Waals surface area (Å²) in [7, 11) is -3.81. The van der Waals surface area contributed by atoms with Crippen LogP contribution in [0.4, 0.5) is 5.82 Å². The van der Waals surface area contributed by atoms with Crippen molar-refractivity contribution >= 4 is 15.8 Å². The first-order chi connectivity index (χ1) is 11.9. The van der Waals surface area contributed by atoms with Gasteiger partial charge in [-0.1, -0.05) is 29.8 Å². The number of pyridine rings is 1. The van der Waals surface area contributed by atoms with E-state index in [1.54, 1.807) is 12.3 Å². The van der Waals surface area contributed by atoms with Crippen molar-refractivity contribution in [2.75, 3.05) is 18.5 Å². The Labute approximate surface area is 148 Å². The van der Waals surface area contributed by atoms with Crippen molar-refractivity contribution in [3.05, 3.63) is 53.7 Å². The standard InChI is InChI=1S/C18H23N3O3S/c1-13-6-8-14(9-7-13)17-15(4-3-11-24-17)12-21-18-16(25(19,22)23)5-2-10-20-18/h2,5-10,15,17H,3-4,11-12H2,1H3,(H,20,21)(H2,19,22,23). The summed E-state index contributed by atoms with van der Waals surface area (Å²) in [5.41, 5.74) is 2.35. The number of primary sulfonamides is 1. The number of benzene rings is 1. The summed E-state index contributed by atoms with van der Waals surface area (Å²) in [5, 5.41) is 8.42. The number of aromatic nitrogens is 1. The van der Waals surface area contributed by atoms with Gasteiger partial charge in [-0.15, -0.1) is 0 Å². The summed E-state index contributed by atoms with van der Waals surface area (Å²) in [4.78, 5) is 4.14. The van der Waals surface area contributed by atoms with Gasteiger partial charge in [-0.05, 0) is 37.5 Å². The van der Waals surface area contributed by atoms with Gasteiger partial charge in [0.25, 0.3) is 0 Å². The SMILES string of the molecule is Cc1ccc(C2OCCCC2CNc2ncccc2S(N)(=O)=O)cc1. The third-order valence-corrected chi connectivity index (χ3v) is 5.40. The molecule has 1 fully saturated rings. The molecule has 1 aliphatic rings. The van der Waals surface area contributed by atoms with Crippen molar-refractivity contribution in [2.45, 2.75) is 30.8 Å². The molecule has 3 rings (SSSR count). The number of rotatable bonds is 5. The lowest BCUT2D eigenvalue weighted by molar-refractivity contribution is -0.0238. The molecule has 0 amide bonds. The minimum Gasteiger partial charge on any atom is -0.373 e. The van der Waals surface area contributed by atoms with Gasteiger partial charge in [-0.2, -0.15) is 0 Å². The van der Waals surface area contributed by atoms with Crippen LogP contribution in [0, 0.1) is 12.8 Å². The van der Waals surface area contributed by atoms with Crippen molar-refractivity contribution in [3.8, 4) is 0 Å². The molecule has 3 N–H and O–H groups in total. The fourth-order valence-corrected chi connectivity index (χ4v) is 3.82. The lowest BCUT2D eigenvalue weighted by Gasteiger charge is -2.32. The number of hydrogen-bond donors (Lipinski definition) is 2. The molecule has 0 saturated carbocycles. The van der Waals surface area contributed by atoms with E-state index in [9.17, 15) is 8.42 Å². The van der Waals surface area contributed by atoms with E-state index in [4.69, 9.17) is 9.88 Å². The zero-order valence-corrected chi connectivity index (χ0v) is 15.0. The summed E-state index contributed by atoms with van der Waals surface area (Å²) in [6.45, 7) is 3.36. The number of ether oxygens (including phenoxy) is 1. The molecule has 2 aromatic rings. The van der Waals surface area contributed by atoms with Crippen LogP contribution in [0.2, 0.25) is 0 Å². The molecule has 2 unspecified atom stereocenters. The molecule has 7 heteroatoms. The molecule has 6 nitrogen and oxygen atoms in total. The van der Waals surface area contributed by atoms with Crippen LogP contribution in [-0.2, 0) is 14.8 Å². The first-order valence-electron chi connectivity index (χ1n) is 8.35. The zero-order valence-electron chi connectivity index (χ0n) is 14.2. The molecule has 0 bridgehead atoms. The lowest BCUT2D eigenvalue weighted by Crippen LogP contribution is -2.29. The Morgan fingerprint density at radius 1 is 1.28 bits per heavy atom. The average Bonchev–Trinajstić information content (AvgIpc) is 2.60. The Bertz CT molecular complexity index is 822. The first kappa shape index (κ1) is 17.8. The molecule has 0 aliphatic carbocycles. The maximum Gasteiger partial charge on any atom is 0.241 e. The smallest absolute Gasteiger partial charge is 0.241 e. The molecular weight excluding hydrogens is 338 g/mol. The molecule has 25 heavy (non-hydrogen) atoms. The van der Waals surface area contributed by atoms with Gasteiger partial charge in [0, 0.05) is 25.3 Å². The highest BCUT2D eigenvalue weighted by Gasteiger charge is 2.28. The molecular formula is C18H23N3O3S. The van der Waals surface area contributed by atoms with Crippen LogP contribution in [0.3, 0.4) is 0 Å². The number of sulfonamides is 1. The topological polar surface area (TPSA) is 94.3 Å². The predicted molar refractivity (Wildman–Crippen MR) is 96.7 cm³/mol. The molecule has 1 aromatic carbocycles. The van der Waals surface area contributed by atoms with Crippen LogP contribution in [0.15, 0.2) is 47.5 Å². The number of aryl methyl sites for hydroxylation is 1. The summed E-state index contributed by atoms with van der Waals surface area (Å²) in [5.74, 6) is 0.519. The van der Waals surface area contributed by atoms with Crippen molar-refractivity contribution in [1.29, 1.82) is 0 Å². The minimum absolute atomic E-state index is 0.0107. The van der Waals surface area contributed by atoms with E-state index < -0.39 is 10.0 Å². The van der Waals surface area contributed by atoms with Gasteiger partial charge in [0.1, 0.15) is 10.7 Å². The largest absolute Gasteiger partial charge is 0.373 e. The number of nitrogens with two attached hydrogens (primary N) is 1. The highest BCUT2D eigenvalue weighted by molar-refractivity contribution is 7.89.